The third-order valence-corrected chi connectivity index (χ3v) is 5.07. The standard InChI is InChI=1S/C24H21N3O2/c1-15-7-10-19(11-8-15)27-23(28)20-12-9-18(13-21(20)24(27)29)14-25-26-22-16(2)5-4-6-17(22)3/h4-14,26H,1-3H3/b25-14+. The van der Waals surface area contributed by atoms with E-state index in [1.807, 2.05) is 51.1 Å². The Hall–Kier alpha value is -3.73. The number of imide groups is 1. The highest BCUT2D eigenvalue weighted by Crippen LogP contribution is 2.29. The lowest BCUT2D eigenvalue weighted by Gasteiger charge is -2.13. The first-order valence-corrected chi connectivity index (χ1v) is 9.40. The predicted octanol–water partition coefficient (Wildman–Crippen LogP) is 4.86. The molecule has 1 heterocycles. The molecule has 0 saturated heterocycles. The molecule has 0 atom stereocenters. The fourth-order valence-corrected chi connectivity index (χ4v) is 3.43. The smallest absolute Gasteiger partial charge is 0.266 e. The zero-order valence-corrected chi connectivity index (χ0v) is 16.6. The van der Waals surface area contributed by atoms with Crippen LogP contribution in [0.25, 0.3) is 0 Å². The molecule has 5 heteroatoms. The number of carbonyl (C=O) groups is 2. The van der Waals surface area contributed by atoms with Crippen molar-refractivity contribution < 1.29 is 9.59 Å². The molecule has 29 heavy (non-hydrogen) atoms. The summed E-state index contributed by atoms with van der Waals surface area (Å²) in [6, 6.07) is 18.6. The first kappa shape index (κ1) is 18.6. The van der Waals surface area contributed by atoms with E-state index in [4.69, 9.17) is 0 Å². The van der Waals surface area contributed by atoms with Gasteiger partial charge in [0.05, 0.1) is 28.7 Å². The van der Waals surface area contributed by atoms with E-state index in [0.29, 0.717) is 16.8 Å². The minimum atomic E-state index is -0.313. The Morgan fingerprint density at radius 3 is 2.17 bits per heavy atom. The molecule has 0 fully saturated rings. The van der Waals surface area contributed by atoms with Gasteiger partial charge in [-0.15, -0.1) is 0 Å². The lowest BCUT2D eigenvalue weighted by atomic mass is 10.1. The zero-order valence-electron chi connectivity index (χ0n) is 16.6. The summed E-state index contributed by atoms with van der Waals surface area (Å²) in [6.07, 6.45) is 1.65. The number of aryl methyl sites for hydroxylation is 3. The van der Waals surface area contributed by atoms with Crippen LogP contribution < -0.4 is 10.3 Å². The summed E-state index contributed by atoms with van der Waals surface area (Å²) in [5.74, 6) is -0.613. The molecule has 0 unspecified atom stereocenters. The first-order chi connectivity index (χ1) is 14.0. The number of amides is 2. The minimum Gasteiger partial charge on any atom is -0.278 e. The van der Waals surface area contributed by atoms with Crippen molar-refractivity contribution in [3.63, 3.8) is 0 Å². The van der Waals surface area contributed by atoms with E-state index < -0.39 is 0 Å². The Bertz CT molecular complexity index is 1130. The summed E-state index contributed by atoms with van der Waals surface area (Å²) in [5, 5.41) is 4.31. The van der Waals surface area contributed by atoms with Crippen LogP contribution in [0.5, 0.6) is 0 Å². The van der Waals surface area contributed by atoms with E-state index in [1.165, 1.54) is 4.90 Å². The van der Waals surface area contributed by atoms with Crippen LogP contribution in [0.15, 0.2) is 65.8 Å². The highest BCUT2D eigenvalue weighted by molar-refractivity contribution is 6.34. The summed E-state index contributed by atoms with van der Waals surface area (Å²) in [5.41, 5.74) is 9.43. The fourth-order valence-electron chi connectivity index (χ4n) is 3.43. The number of fused-ring (bicyclic) bond motifs is 1. The van der Waals surface area contributed by atoms with Gasteiger partial charge in [0.25, 0.3) is 11.8 Å². The molecule has 3 aromatic rings. The lowest BCUT2D eigenvalue weighted by Crippen LogP contribution is -2.29. The van der Waals surface area contributed by atoms with E-state index in [1.54, 1.807) is 36.5 Å². The number of hydrogen-bond acceptors (Lipinski definition) is 4. The van der Waals surface area contributed by atoms with Crippen LogP contribution >= 0.6 is 0 Å². The van der Waals surface area contributed by atoms with Gasteiger partial charge >= 0.3 is 0 Å². The van der Waals surface area contributed by atoms with E-state index in [2.05, 4.69) is 10.5 Å². The number of hydrogen-bond donors (Lipinski definition) is 1. The highest BCUT2D eigenvalue weighted by Gasteiger charge is 2.36. The van der Waals surface area contributed by atoms with Crippen LogP contribution in [0.3, 0.4) is 0 Å². The molecule has 1 aliphatic heterocycles. The predicted molar refractivity (Wildman–Crippen MR) is 116 cm³/mol. The molecule has 1 N–H and O–H groups in total. The average Bonchev–Trinajstić information content (AvgIpc) is 2.95. The number of anilines is 2. The average molecular weight is 383 g/mol. The van der Waals surface area contributed by atoms with Crippen molar-refractivity contribution in [3.8, 4) is 0 Å². The molecular weight excluding hydrogens is 362 g/mol. The lowest BCUT2D eigenvalue weighted by molar-refractivity contribution is 0.0926. The zero-order chi connectivity index (χ0) is 20.5. The van der Waals surface area contributed by atoms with Crippen molar-refractivity contribution in [1.82, 2.24) is 0 Å². The number of benzene rings is 3. The molecule has 0 bridgehead atoms. The molecule has 2 amide bonds. The Kier molecular flexibility index (Phi) is 4.72. The number of nitrogens with zero attached hydrogens (tertiary/aromatic N) is 2. The van der Waals surface area contributed by atoms with Crippen molar-refractivity contribution in [3.05, 3.63) is 94.0 Å². The van der Waals surface area contributed by atoms with Gasteiger partial charge in [0, 0.05) is 0 Å². The summed E-state index contributed by atoms with van der Waals surface area (Å²) >= 11 is 0. The maximum atomic E-state index is 12.9. The molecule has 0 aliphatic carbocycles. The Morgan fingerprint density at radius 1 is 0.828 bits per heavy atom. The van der Waals surface area contributed by atoms with Crippen molar-refractivity contribution >= 4 is 29.4 Å². The van der Waals surface area contributed by atoms with Gasteiger partial charge in [-0.05, 0) is 61.7 Å². The van der Waals surface area contributed by atoms with Gasteiger partial charge in [0.1, 0.15) is 0 Å². The van der Waals surface area contributed by atoms with Gasteiger partial charge < -0.3 is 0 Å². The number of rotatable bonds is 4. The largest absolute Gasteiger partial charge is 0.278 e. The van der Waals surface area contributed by atoms with Crippen LogP contribution in [0.1, 0.15) is 43.0 Å². The van der Waals surface area contributed by atoms with Crippen LogP contribution in [0, 0.1) is 20.8 Å². The molecule has 0 saturated carbocycles. The third-order valence-electron chi connectivity index (χ3n) is 5.07. The van der Waals surface area contributed by atoms with Crippen molar-refractivity contribution in [2.75, 3.05) is 10.3 Å². The van der Waals surface area contributed by atoms with Crippen LogP contribution in [0.2, 0.25) is 0 Å². The number of para-hydroxylation sites is 1. The normalized spacial score (nSPS) is 13.3. The van der Waals surface area contributed by atoms with Crippen molar-refractivity contribution in [2.45, 2.75) is 20.8 Å². The molecule has 144 valence electrons. The highest BCUT2D eigenvalue weighted by atomic mass is 16.2. The van der Waals surface area contributed by atoms with Gasteiger partial charge in [0.15, 0.2) is 0 Å². The first-order valence-electron chi connectivity index (χ1n) is 9.40. The van der Waals surface area contributed by atoms with Gasteiger partial charge in [-0.25, -0.2) is 4.90 Å². The van der Waals surface area contributed by atoms with E-state index in [-0.39, 0.29) is 11.8 Å². The minimum absolute atomic E-state index is 0.300. The molecule has 4 rings (SSSR count). The van der Waals surface area contributed by atoms with Crippen LogP contribution in [0.4, 0.5) is 11.4 Å². The SMILES string of the molecule is Cc1ccc(N2C(=O)c3ccc(/C=N/Nc4c(C)cccc4C)cc3C2=O)cc1. The van der Waals surface area contributed by atoms with E-state index in [0.717, 1.165) is 27.9 Å². The van der Waals surface area contributed by atoms with Gasteiger partial charge in [-0.2, -0.15) is 5.10 Å². The molecule has 0 spiro atoms. The monoisotopic (exact) mass is 383 g/mol. The fraction of sp³-hybridized carbons (Fsp3) is 0.125. The van der Waals surface area contributed by atoms with Gasteiger partial charge in [-0.3, -0.25) is 15.0 Å². The molecule has 5 nitrogen and oxygen atoms in total. The summed E-state index contributed by atoms with van der Waals surface area (Å²) in [4.78, 5) is 26.8. The second-order valence-electron chi connectivity index (χ2n) is 7.22. The summed E-state index contributed by atoms with van der Waals surface area (Å²) in [6.45, 7) is 6.00. The second-order valence-corrected chi connectivity index (χ2v) is 7.22. The summed E-state index contributed by atoms with van der Waals surface area (Å²) in [7, 11) is 0. The molecular formula is C24H21N3O2. The van der Waals surface area contributed by atoms with E-state index >= 15 is 0 Å². The molecule has 0 radical (unpaired) electrons. The Morgan fingerprint density at radius 2 is 1.48 bits per heavy atom. The Balaban J connectivity index is 1.58. The summed E-state index contributed by atoms with van der Waals surface area (Å²) < 4.78 is 0. The maximum Gasteiger partial charge on any atom is 0.266 e. The van der Waals surface area contributed by atoms with Crippen LogP contribution in [-0.2, 0) is 0 Å². The van der Waals surface area contributed by atoms with Gasteiger partial charge in [0.2, 0.25) is 0 Å². The topological polar surface area (TPSA) is 61.8 Å². The number of hydrazone groups is 1. The van der Waals surface area contributed by atoms with Crippen molar-refractivity contribution in [1.29, 1.82) is 0 Å². The van der Waals surface area contributed by atoms with Crippen molar-refractivity contribution in [2.24, 2.45) is 5.10 Å². The second kappa shape index (κ2) is 7.36. The Labute approximate surface area is 169 Å². The van der Waals surface area contributed by atoms with Gasteiger partial charge in [-0.1, -0.05) is 42.0 Å². The molecule has 0 aromatic heterocycles. The maximum absolute atomic E-state index is 12.9. The number of nitrogens with one attached hydrogen (secondary N) is 1. The molecule has 1 aliphatic rings. The molecule has 3 aromatic carbocycles. The van der Waals surface area contributed by atoms with Crippen LogP contribution in [-0.4, -0.2) is 18.0 Å². The number of carbonyl (C=O) groups excluding carboxylic acids is 2. The third kappa shape index (κ3) is 3.43. The van der Waals surface area contributed by atoms with E-state index in [9.17, 15) is 9.59 Å². The quantitative estimate of drug-likeness (QED) is 0.398.